The van der Waals surface area contributed by atoms with Gasteiger partial charge in [0.2, 0.25) is 0 Å². The molecule has 0 spiro atoms. The minimum absolute atomic E-state index is 0.00642. The van der Waals surface area contributed by atoms with Crippen LogP contribution in [0.25, 0.3) is 0 Å². The van der Waals surface area contributed by atoms with Crippen molar-refractivity contribution >= 4 is 21.8 Å². The smallest absolute Gasteiger partial charge is 0.331 e. The molecule has 3 amide bonds. The number of fused-ring (bicyclic) bond motifs is 1. The molecule has 1 saturated carbocycles. The molecule has 3 unspecified atom stereocenters. The topological polar surface area (TPSA) is 128 Å². The number of carbonyl (C=O) groups is 2. The molecule has 1 aliphatic carbocycles. The number of nitrogens with zero attached hydrogens (tertiary/aromatic N) is 2. The summed E-state index contributed by atoms with van der Waals surface area (Å²) in [6.07, 6.45) is 1.17. The average Bonchev–Trinajstić information content (AvgIpc) is 2.59. The highest BCUT2D eigenvalue weighted by Gasteiger charge is 2.50. The van der Waals surface area contributed by atoms with E-state index in [0.29, 0.717) is 19.3 Å². The van der Waals surface area contributed by atoms with Gasteiger partial charge in [-0.25, -0.2) is 13.2 Å². The number of nitrogens with one attached hydrogen (secondary N) is 1. The first-order chi connectivity index (χ1) is 11.4. The summed E-state index contributed by atoms with van der Waals surface area (Å²) < 4.78 is 25.9. The quantitative estimate of drug-likeness (QED) is 0.761. The Labute approximate surface area is 138 Å². The van der Waals surface area contributed by atoms with E-state index in [1.807, 2.05) is 6.07 Å². The number of hydroxylamine groups is 2. The summed E-state index contributed by atoms with van der Waals surface area (Å²) in [5, 5.41) is 19.8. The maximum atomic E-state index is 13.0. The number of hydrogen-bond acceptors (Lipinski definition) is 6. The number of benzene rings is 1. The third-order valence-electron chi connectivity index (χ3n) is 4.54. The van der Waals surface area contributed by atoms with Gasteiger partial charge in [0.25, 0.3) is 5.91 Å². The van der Waals surface area contributed by atoms with Crippen molar-refractivity contribution in [3.63, 3.8) is 0 Å². The Bertz CT molecular complexity index is 845. The summed E-state index contributed by atoms with van der Waals surface area (Å²) in [6.45, 7) is 0. The van der Waals surface area contributed by atoms with Crippen molar-refractivity contribution in [3.05, 3.63) is 29.8 Å². The number of nitriles is 1. The van der Waals surface area contributed by atoms with Crippen molar-refractivity contribution in [1.82, 2.24) is 10.4 Å². The van der Waals surface area contributed by atoms with Gasteiger partial charge in [-0.05, 0) is 31.0 Å². The van der Waals surface area contributed by atoms with E-state index in [1.54, 1.807) is 0 Å². The summed E-state index contributed by atoms with van der Waals surface area (Å²) in [5.74, 6) is -1.56. The van der Waals surface area contributed by atoms with Crippen LogP contribution >= 0.6 is 0 Å². The molecule has 2 aliphatic rings. The molecule has 0 bridgehead atoms. The lowest BCUT2D eigenvalue weighted by molar-refractivity contribution is -0.163. The van der Waals surface area contributed by atoms with Crippen molar-refractivity contribution in [2.75, 3.05) is 0 Å². The normalized spacial score (nSPS) is 27.2. The van der Waals surface area contributed by atoms with Gasteiger partial charge < -0.3 is 5.32 Å². The zero-order valence-corrected chi connectivity index (χ0v) is 13.4. The molecule has 3 rings (SSSR count). The fourth-order valence-electron chi connectivity index (χ4n) is 3.35. The zero-order valence-electron chi connectivity index (χ0n) is 12.5. The number of carbonyl (C=O) groups excluding carboxylic acids is 2. The Kier molecular flexibility index (Phi) is 4.03. The molecule has 1 saturated heterocycles. The molecule has 0 aromatic heterocycles. The Morgan fingerprint density at radius 3 is 2.75 bits per heavy atom. The third-order valence-corrected chi connectivity index (χ3v) is 6.77. The maximum absolute atomic E-state index is 13.0. The van der Waals surface area contributed by atoms with Crippen LogP contribution in [0.5, 0.6) is 0 Å². The standard InChI is InChI=1S/C15H15N3O5S/c16-8-9-3-1-4-10(7-9)24(22,23)12-6-2-5-11-13(12)17-15(20)18(21)14(11)19/h1,3-4,7,11-13,21H,2,5-6H2,(H,17,20). The molecule has 3 atom stereocenters. The zero-order chi connectivity index (χ0) is 17.5. The van der Waals surface area contributed by atoms with Gasteiger partial charge in [0.15, 0.2) is 9.84 Å². The molecular formula is C15H15N3O5S. The van der Waals surface area contributed by atoms with Crippen molar-refractivity contribution in [2.45, 2.75) is 35.4 Å². The lowest BCUT2D eigenvalue weighted by atomic mass is 9.82. The van der Waals surface area contributed by atoms with E-state index in [0.717, 1.165) is 0 Å². The molecule has 24 heavy (non-hydrogen) atoms. The van der Waals surface area contributed by atoms with Crippen LogP contribution in [-0.4, -0.2) is 41.9 Å². The molecule has 2 N–H and O–H groups in total. The summed E-state index contributed by atoms with van der Waals surface area (Å²) in [4.78, 5) is 23.7. The highest BCUT2D eigenvalue weighted by Crippen LogP contribution is 2.35. The first-order valence-electron chi connectivity index (χ1n) is 7.43. The predicted octanol–water partition coefficient (Wildman–Crippen LogP) is 0.810. The molecule has 2 fully saturated rings. The third kappa shape index (κ3) is 2.53. The van der Waals surface area contributed by atoms with Gasteiger partial charge in [-0.2, -0.15) is 5.26 Å². The average molecular weight is 349 g/mol. The van der Waals surface area contributed by atoms with Gasteiger partial charge in [0, 0.05) is 0 Å². The van der Waals surface area contributed by atoms with Gasteiger partial charge in [-0.1, -0.05) is 12.5 Å². The van der Waals surface area contributed by atoms with Crippen molar-refractivity contribution in [1.29, 1.82) is 5.26 Å². The van der Waals surface area contributed by atoms with Crippen LogP contribution in [0.4, 0.5) is 4.79 Å². The summed E-state index contributed by atoms with van der Waals surface area (Å²) in [7, 11) is -3.85. The first-order valence-corrected chi connectivity index (χ1v) is 8.98. The Balaban J connectivity index is 1.99. The predicted molar refractivity (Wildman–Crippen MR) is 80.4 cm³/mol. The molecule has 1 heterocycles. The highest BCUT2D eigenvalue weighted by atomic mass is 32.2. The van der Waals surface area contributed by atoms with Crippen molar-refractivity contribution < 1.29 is 23.2 Å². The number of amides is 3. The lowest BCUT2D eigenvalue weighted by Gasteiger charge is -2.41. The SMILES string of the molecule is N#Cc1cccc(S(=O)(=O)C2CCCC3C(=O)N(O)C(=O)NC32)c1. The number of hydrogen-bond donors (Lipinski definition) is 2. The van der Waals surface area contributed by atoms with E-state index in [9.17, 15) is 23.2 Å². The van der Waals surface area contributed by atoms with Crippen LogP contribution in [0, 0.1) is 17.2 Å². The van der Waals surface area contributed by atoms with E-state index < -0.39 is 39.0 Å². The number of rotatable bonds is 2. The molecule has 1 aromatic carbocycles. The summed E-state index contributed by atoms with van der Waals surface area (Å²) >= 11 is 0. The van der Waals surface area contributed by atoms with Crippen LogP contribution in [0.15, 0.2) is 29.2 Å². The minimum atomic E-state index is -3.85. The molecular weight excluding hydrogens is 334 g/mol. The number of sulfone groups is 1. The molecule has 9 heteroatoms. The number of urea groups is 1. The second kappa shape index (κ2) is 5.89. The van der Waals surface area contributed by atoms with Crippen LogP contribution in [0.1, 0.15) is 24.8 Å². The van der Waals surface area contributed by atoms with Crippen molar-refractivity contribution in [2.24, 2.45) is 5.92 Å². The lowest BCUT2D eigenvalue weighted by Crippen LogP contribution is -2.64. The van der Waals surface area contributed by atoms with E-state index in [4.69, 9.17) is 5.26 Å². The largest absolute Gasteiger partial charge is 0.348 e. The van der Waals surface area contributed by atoms with E-state index >= 15 is 0 Å². The van der Waals surface area contributed by atoms with Crippen LogP contribution in [0.3, 0.4) is 0 Å². The maximum Gasteiger partial charge on any atom is 0.348 e. The summed E-state index contributed by atoms with van der Waals surface area (Å²) in [6, 6.07) is 5.63. The van der Waals surface area contributed by atoms with Gasteiger partial charge in [-0.15, -0.1) is 5.06 Å². The first kappa shape index (κ1) is 16.4. The highest BCUT2D eigenvalue weighted by molar-refractivity contribution is 7.92. The van der Waals surface area contributed by atoms with Crippen LogP contribution in [0.2, 0.25) is 0 Å². The Morgan fingerprint density at radius 2 is 2.04 bits per heavy atom. The monoisotopic (exact) mass is 349 g/mol. The Hall–Kier alpha value is -2.44. The molecule has 8 nitrogen and oxygen atoms in total. The minimum Gasteiger partial charge on any atom is -0.331 e. The van der Waals surface area contributed by atoms with E-state index in [2.05, 4.69) is 5.32 Å². The van der Waals surface area contributed by atoms with Crippen LogP contribution in [-0.2, 0) is 14.6 Å². The Morgan fingerprint density at radius 1 is 1.29 bits per heavy atom. The second-order valence-electron chi connectivity index (χ2n) is 5.89. The van der Waals surface area contributed by atoms with Crippen molar-refractivity contribution in [3.8, 4) is 6.07 Å². The molecule has 126 valence electrons. The van der Waals surface area contributed by atoms with Crippen LogP contribution < -0.4 is 5.32 Å². The second-order valence-corrected chi connectivity index (χ2v) is 8.05. The van der Waals surface area contributed by atoms with Gasteiger partial charge in [-0.3, -0.25) is 10.0 Å². The van der Waals surface area contributed by atoms with Gasteiger partial charge in [0.05, 0.1) is 33.7 Å². The fraction of sp³-hybridized carbons (Fsp3) is 0.400. The molecule has 1 aromatic rings. The fourth-order valence-corrected chi connectivity index (χ4v) is 5.38. The van der Waals surface area contributed by atoms with E-state index in [1.165, 1.54) is 24.3 Å². The van der Waals surface area contributed by atoms with Gasteiger partial charge >= 0.3 is 6.03 Å². The van der Waals surface area contributed by atoms with Gasteiger partial charge in [0.1, 0.15) is 0 Å². The summed E-state index contributed by atoms with van der Waals surface area (Å²) in [5.41, 5.74) is 0.216. The molecule has 1 aliphatic heterocycles. The number of imide groups is 1. The van der Waals surface area contributed by atoms with E-state index in [-0.39, 0.29) is 15.5 Å². The molecule has 0 radical (unpaired) electrons.